The largest absolute Gasteiger partial charge is 0.368 e. The van der Waals surface area contributed by atoms with E-state index in [0.717, 1.165) is 25.9 Å². The second kappa shape index (κ2) is 7.92. The standard InChI is InChI=1S/C16H23FN4O2/c1-11(15(18)22)21-7-3-4-12(10-21)9-19-16(23)20-14-6-2-5-13(17)8-14/h2,5-6,8,11-12H,3-4,7,9-10H2,1H3,(H2,18,22)(H2,19,20,23)/t11-,12+/m0/s1. The highest BCUT2D eigenvalue weighted by Crippen LogP contribution is 2.18. The number of rotatable bonds is 5. The highest BCUT2D eigenvalue weighted by molar-refractivity contribution is 5.89. The number of halogens is 1. The number of nitrogens with zero attached hydrogens (tertiary/aromatic N) is 1. The summed E-state index contributed by atoms with van der Waals surface area (Å²) in [5.41, 5.74) is 5.75. The van der Waals surface area contributed by atoms with Gasteiger partial charge < -0.3 is 16.4 Å². The van der Waals surface area contributed by atoms with Crippen molar-refractivity contribution < 1.29 is 14.0 Å². The van der Waals surface area contributed by atoms with Gasteiger partial charge in [0.25, 0.3) is 0 Å². The lowest BCUT2D eigenvalue weighted by molar-refractivity contribution is -0.123. The molecule has 1 saturated heterocycles. The first-order chi connectivity index (χ1) is 11.0. The maximum absolute atomic E-state index is 13.1. The summed E-state index contributed by atoms with van der Waals surface area (Å²) in [5, 5.41) is 5.39. The minimum absolute atomic E-state index is 0.267. The van der Waals surface area contributed by atoms with E-state index in [1.165, 1.54) is 18.2 Å². The molecule has 1 aliphatic heterocycles. The van der Waals surface area contributed by atoms with Crippen LogP contribution in [0.25, 0.3) is 0 Å². The van der Waals surface area contributed by atoms with E-state index in [9.17, 15) is 14.0 Å². The molecule has 3 amide bonds. The van der Waals surface area contributed by atoms with Crippen molar-refractivity contribution in [1.82, 2.24) is 10.2 Å². The number of primary amides is 1. The number of likely N-dealkylation sites (tertiary alicyclic amines) is 1. The predicted octanol–water partition coefficient (Wildman–Crippen LogP) is 1.53. The Balaban J connectivity index is 1.78. The molecule has 4 N–H and O–H groups in total. The van der Waals surface area contributed by atoms with Gasteiger partial charge in [-0.1, -0.05) is 6.07 Å². The molecule has 7 heteroatoms. The first kappa shape index (κ1) is 17.2. The van der Waals surface area contributed by atoms with Gasteiger partial charge in [0.1, 0.15) is 5.82 Å². The van der Waals surface area contributed by atoms with Crippen molar-refractivity contribution in [3.05, 3.63) is 30.1 Å². The number of benzene rings is 1. The smallest absolute Gasteiger partial charge is 0.319 e. The molecule has 2 atom stereocenters. The zero-order valence-electron chi connectivity index (χ0n) is 13.2. The average molecular weight is 322 g/mol. The summed E-state index contributed by atoms with van der Waals surface area (Å²) in [4.78, 5) is 25.2. The maximum atomic E-state index is 13.1. The molecule has 0 aliphatic carbocycles. The summed E-state index contributed by atoms with van der Waals surface area (Å²) in [6, 6.07) is 5.08. The number of carbonyl (C=O) groups excluding carboxylic acids is 2. The molecule has 2 rings (SSSR count). The van der Waals surface area contributed by atoms with Crippen LogP contribution in [0.1, 0.15) is 19.8 Å². The third-order valence-corrected chi connectivity index (χ3v) is 4.14. The second-order valence-electron chi connectivity index (χ2n) is 5.93. The minimum Gasteiger partial charge on any atom is -0.368 e. The molecule has 0 aromatic heterocycles. The lowest BCUT2D eigenvalue weighted by atomic mass is 9.96. The molecule has 1 fully saturated rings. The minimum atomic E-state index is -0.397. The topological polar surface area (TPSA) is 87.5 Å². The van der Waals surface area contributed by atoms with Crippen LogP contribution in [0.5, 0.6) is 0 Å². The molecule has 1 aromatic carbocycles. The fourth-order valence-corrected chi connectivity index (χ4v) is 2.77. The van der Waals surface area contributed by atoms with Crippen molar-refractivity contribution in [3.63, 3.8) is 0 Å². The highest BCUT2D eigenvalue weighted by Gasteiger charge is 2.26. The Labute approximate surface area is 135 Å². The van der Waals surface area contributed by atoms with Crippen molar-refractivity contribution >= 4 is 17.6 Å². The van der Waals surface area contributed by atoms with E-state index in [2.05, 4.69) is 10.6 Å². The van der Waals surface area contributed by atoms with E-state index in [1.807, 2.05) is 4.90 Å². The monoisotopic (exact) mass is 322 g/mol. The van der Waals surface area contributed by atoms with Gasteiger partial charge in [0.15, 0.2) is 0 Å². The van der Waals surface area contributed by atoms with Crippen LogP contribution in [-0.2, 0) is 4.79 Å². The Hall–Kier alpha value is -2.15. The Bertz CT molecular complexity index is 567. The summed E-state index contributed by atoms with van der Waals surface area (Å²) in [5.74, 6) is -0.461. The first-order valence-electron chi connectivity index (χ1n) is 7.79. The van der Waals surface area contributed by atoms with E-state index in [4.69, 9.17) is 5.73 Å². The Kier molecular flexibility index (Phi) is 5.92. The molecule has 0 saturated carbocycles. The molecule has 23 heavy (non-hydrogen) atoms. The Morgan fingerprint density at radius 2 is 2.26 bits per heavy atom. The van der Waals surface area contributed by atoms with Crippen molar-refractivity contribution in [2.45, 2.75) is 25.8 Å². The lowest BCUT2D eigenvalue weighted by Crippen LogP contribution is -2.49. The predicted molar refractivity (Wildman–Crippen MR) is 86.4 cm³/mol. The summed E-state index contributed by atoms with van der Waals surface area (Å²) in [6.45, 7) is 3.87. The lowest BCUT2D eigenvalue weighted by Gasteiger charge is -2.35. The van der Waals surface area contributed by atoms with Gasteiger partial charge in [0.05, 0.1) is 6.04 Å². The van der Waals surface area contributed by atoms with Crippen LogP contribution in [0.2, 0.25) is 0 Å². The van der Waals surface area contributed by atoms with Crippen LogP contribution in [0, 0.1) is 11.7 Å². The Morgan fingerprint density at radius 3 is 2.96 bits per heavy atom. The van der Waals surface area contributed by atoms with E-state index in [-0.39, 0.29) is 23.9 Å². The van der Waals surface area contributed by atoms with Crippen LogP contribution in [0.15, 0.2) is 24.3 Å². The van der Waals surface area contributed by atoms with Crippen LogP contribution in [-0.4, -0.2) is 42.5 Å². The van der Waals surface area contributed by atoms with Gasteiger partial charge in [-0.3, -0.25) is 9.69 Å². The maximum Gasteiger partial charge on any atom is 0.319 e. The molecule has 6 nitrogen and oxygen atoms in total. The molecular formula is C16H23FN4O2. The van der Waals surface area contributed by atoms with Gasteiger partial charge in [-0.15, -0.1) is 0 Å². The number of amides is 3. The van der Waals surface area contributed by atoms with Gasteiger partial charge in [-0.2, -0.15) is 0 Å². The fourth-order valence-electron chi connectivity index (χ4n) is 2.77. The molecular weight excluding hydrogens is 299 g/mol. The number of nitrogens with one attached hydrogen (secondary N) is 2. The van der Waals surface area contributed by atoms with Gasteiger partial charge in [-0.05, 0) is 50.4 Å². The normalized spacial score (nSPS) is 19.8. The summed E-state index contributed by atoms with van der Waals surface area (Å²) >= 11 is 0. The van der Waals surface area contributed by atoms with Crippen LogP contribution >= 0.6 is 0 Å². The van der Waals surface area contributed by atoms with Gasteiger partial charge in [-0.25, -0.2) is 9.18 Å². The molecule has 1 heterocycles. The number of urea groups is 1. The van der Waals surface area contributed by atoms with E-state index < -0.39 is 5.82 Å². The van der Waals surface area contributed by atoms with Crippen molar-refractivity contribution in [3.8, 4) is 0 Å². The average Bonchev–Trinajstić information content (AvgIpc) is 2.52. The number of carbonyl (C=O) groups is 2. The summed E-state index contributed by atoms with van der Waals surface area (Å²) in [6.07, 6.45) is 1.96. The fraction of sp³-hybridized carbons (Fsp3) is 0.500. The van der Waals surface area contributed by atoms with Crippen LogP contribution < -0.4 is 16.4 Å². The van der Waals surface area contributed by atoms with Crippen molar-refractivity contribution in [2.24, 2.45) is 11.7 Å². The number of nitrogens with two attached hydrogens (primary N) is 1. The van der Waals surface area contributed by atoms with Gasteiger partial charge in [0, 0.05) is 18.8 Å². The molecule has 126 valence electrons. The van der Waals surface area contributed by atoms with E-state index >= 15 is 0 Å². The van der Waals surface area contributed by atoms with E-state index in [0.29, 0.717) is 12.2 Å². The quantitative estimate of drug-likeness (QED) is 0.768. The highest BCUT2D eigenvalue weighted by atomic mass is 19.1. The van der Waals surface area contributed by atoms with Crippen molar-refractivity contribution in [2.75, 3.05) is 25.0 Å². The third-order valence-electron chi connectivity index (χ3n) is 4.14. The van der Waals surface area contributed by atoms with Gasteiger partial charge in [0.2, 0.25) is 5.91 Å². The molecule has 0 spiro atoms. The van der Waals surface area contributed by atoms with Crippen LogP contribution in [0.4, 0.5) is 14.9 Å². The zero-order valence-corrected chi connectivity index (χ0v) is 13.2. The molecule has 1 aromatic rings. The second-order valence-corrected chi connectivity index (χ2v) is 5.93. The molecule has 0 bridgehead atoms. The molecule has 1 aliphatic rings. The summed E-state index contributed by atoms with van der Waals surface area (Å²) in [7, 11) is 0. The number of anilines is 1. The molecule has 0 unspecified atom stereocenters. The van der Waals surface area contributed by atoms with Crippen LogP contribution in [0.3, 0.4) is 0 Å². The molecule has 0 radical (unpaired) electrons. The van der Waals surface area contributed by atoms with Gasteiger partial charge >= 0.3 is 6.03 Å². The zero-order chi connectivity index (χ0) is 16.8. The number of hydrogen-bond acceptors (Lipinski definition) is 3. The summed E-state index contributed by atoms with van der Waals surface area (Å²) < 4.78 is 13.1. The Morgan fingerprint density at radius 1 is 1.48 bits per heavy atom. The third kappa shape index (κ3) is 5.21. The number of hydrogen-bond donors (Lipinski definition) is 3. The number of piperidine rings is 1. The first-order valence-corrected chi connectivity index (χ1v) is 7.79. The SMILES string of the molecule is C[C@@H](C(N)=O)N1CCC[C@H](CNC(=O)Nc2cccc(F)c2)C1. The van der Waals surface area contributed by atoms with E-state index in [1.54, 1.807) is 13.0 Å². The van der Waals surface area contributed by atoms with Crippen molar-refractivity contribution in [1.29, 1.82) is 0 Å².